The van der Waals surface area contributed by atoms with Gasteiger partial charge in [-0.1, -0.05) is 6.07 Å². The Kier molecular flexibility index (Phi) is 3.25. The maximum Gasteiger partial charge on any atom is 0.124 e. The minimum Gasteiger partial charge on any atom is -0.388 e. The summed E-state index contributed by atoms with van der Waals surface area (Å²) in [4.78, 5) is 8.96. The molecule has 0 spiro atoms. The molecule has 0 saturated carbocycles. The number of aromatic nitrogens is 2. The van der Waals surface area contributed by atoms with Crippen LogP contribution in [0.3, 0.4) is 0 Å². The van der Waals surface area contributed by atoms with E-state index < -0.39 is 0 Å². The quantitative estimate of drug-likeness (QED) is 0.781. The summed E-state index contributed by atoms with van der Waals surface area (Å²) in [6, 6.07) is 14.1. The van der Waals surface area contributed by atoms with Gasteiger partial charge in [-0.05, 0) is 36.4 Å². The third kappa shape index (κ3) is 2.48. The van der Waals surface area contributed by atoms with Gasteiger partial charge in [-0.25, -0.2) is 4.98 Å². The molecule has 2 heterocycles. The summed E-state index contributed by atoms with van der Waals surface area (Å²) in [5, 5.41) is 6.17. The topological polar surface area (TPSA) is 37.8 Å². The average molecular weight is 267 g/mol. The SMILES string of the molecule is CNc1ccc(-c2nc(-c3ccccn3)cs2)cc1. The van der Waals surface area contributed by atoms with E-state index in [1.807, 2.05) is 30.6 Å². The first-order valence-electron chi connectivity index (χ1n) is 6.02. The van der Waals surface area contributed by atoms with Gasteiger partial charge in [0.2, 0.25) is 0 Å². The molecule has 2 aromatic heterocycles. The van der Waals surface area contributed by atoms with Gasteiger partial charge in [0.05, 0.1) is 5.69 Å². The molecule has 4 heteroatoms. The van der Waals surface area contributed by atoms with E-state index in [0.29, 0.717) is 0 Å². The monoisotopic (exact) mass is 267 g/mol. The van der Waals surface area contributed by atoms with E-state index in [4.69, 9.17) is 0 Å². The van der Waals surface area contributed by atoms with Crippen LogP contribution in [0.1, 0.15) is 0 Å². The molecular weight excluding hydrogens is 254 g/mol. The van der Waals surface area contributed by atoms with Gasteiger partial charge in [-0.2, -0.15) is 0 Å². The molecule has 1 aromatic carbocycles. The Hall–Kier alpha value is -2.20. The molecule has 0 fully saturated rings. The standard InChI is InChI=1S/C15H13N3S/c1-16-12-7-5-11(6-8-12)15-18-14(10-19-15)13-4-2-3-9-17-13/h2-10,16H,1H3. The van der Waals surface area contributed by atoms with E-state index >= 15 is 0 Å². The molecule has 1 N–H and O–H groups in total. The van der Waals surface area contributed by atoms with Crippen LogP contribution in [0.4, 0.5) is 5.69 Å². The van der Waals surface area contributed by atoms with Gasteiger partial charge in [0, 0.05) is 29.9 Å². The van der Waals surface area contributed by atoms with E-state index in [9.17, 15) is 0 Å². The van der Waals surface area contributed by atoms with Crippen molar-refractivity contribution in [2.24, 2.45) is 0 Å². The van der Waals surface area contributed by atoms with Crippen LogP contribution in [0.2, 0.25) is 0 Å². The highest BCUT2D eigenvalue weighted by molar-refractivity contribution is 7.13. The van der Waals surface area contributed by atoms with Crippen molar-refractivity contribution in [3.05, 3.63) is 54.0 Å². The Bertz CT molecular complexity index is 659. The van der Waals surface area contributed by atoms with Crippen molar-refractivity contribution in [2.75, 3.05) is 12.4 Å². The van der Waals surface area contributed by atoms with Crippen molar-refractivity contribution >= 4 is 17.0 Å². The zero-order chi connectivity index (χ0) is 13.1. The van der Waals surface area contributed by atoms with Crippen LogP contribution >= 0.6 is 11.3 Å². The molecule has 0 bridgehead atoms. The van der Waals surface area contributed by atoms with E-state index in [2.05, 4.69) is 39.6 Å². The highest BCUT2D eigenvalue weighted by atomic mass is 32.1. The van der Waals surface area contributed by atoms with Crippen LogP contribution in [0.5, 0.6) is 0 Å². The van der Waals surface area contributed by atoms with Crippen LogP contribution in [0, 0.1) is 0 Å². The first-order chi connectivity index (χ1) is 9.36. The van der Waals surface area contributed by atoms with Gasteiger partial charge < -0.3 is 5.32 Å². The number of thiazole rings is 1. The molecular formula is C15H13N3S. The molecule has 0 aliphatic carbocycles. The lowest BCUT2D eigenvalue weighted by Crippen LogP contribution is -1.87. The van der Waals surface area contributed by atoms with Crippen LogP contribution in [-0.2, 0) is 0 Å². The summed E-state index contributed by atoms with van der Waals surface area (Å²) in [5.74, 6) is 0. The summed E-state index contributed by atoms with van der Waals surface area (Å²) in [7, 11) is 1.91. The van der Waals surface area contributed by atoms with Crippen molar-refractivity contribution in [1.82, 2.24) is 9.97 Å². The number of rotatable bonds is 3. The summed E-state index contributed by atoms with van der Waals surface area (Å²) in [5.41, 5.74) is 4.08. The van der Waals surface area contributed by atoms with Crippen LogP contribution in [0.25, 0.3) is 22.0 Å². The summed E-state index contributed by atoms with van der Waals surface area (Å²) in [6.45, 7) is 0. The van der Waals surface area contributed by atoms with E-state index in [0.717, 1.165) is 27.6 Å². The molecule has 0 saturated heterocycles. The molecule has 3 rings (SSSR count). The minimum atomic E-state index is 0.914. The third-order valence-electron chi connectivity index (χ3n) is 2.85. The van der Waals surface area contributed by atoms with Crippen molar-refractivity contribution in [3.63, 3.8) is 0 Å². The van der Waals surface area contributed by atoms with Crippen molar-refractivity contribution < 1.29 is 0 Å². The number of nitrogens with one attached hydrogen (secondary N) is 1. The fourth-order valence-electron chi connectivity index (χ4n) is 1.82. The number of hydrogen-bond donors (Lipinski definition) is 1. The Balaban J connectivity index is 1.92. The fourth-order valence-corrected chi connectivity index (χ4v) is 2.64. The maximum atomic E-state index is 4.64. The Labute approximate surface area is 116 Å². The first kappa shape index (κ1) is 11.9. The number of pyridine rings is 1. The van der Waals surface area contributed by atoms with Crippen molar-refractivity contribution in [2.45, 2.75) is 0 Å². The highest BCUT2D eigenvalue weighted by Crippen LogP contribution is 2.28. The average Bonchev–Trinajstić information content (AvgIpc) is 2.98. The molecule has 94 valence electrons. The number of anilines is 1. The lowest BCUT2D eigenvalue weighted by Gasteiger charge is -2.00. The minimum absolute atomic E-state index is 0.914. The smallest absolute Gasteiger partial charge is 0.124 e. The van der Waals surface area contributed by atoms with E-state index in [1.54, 1.807) is 17.5 Å². The molecule has 3 aromatic rings. The third-order valence-corrected chi connectivity index (χ3v) is 3.74. The largest absolute Gasteiger partial charge is 0.388 e. The lowest BCUT2D eigenvalue weighted by molar-refractivity contribution is 1.28. The molecule has 0 atom stereocenters. The summed E-state index contributed by atoms with van der Waals surface area (Å²) >= 11 is 1.64. The van der Waals surface area contributed by atoms with Gasteiger partial charge in [0.25, 0.3) is 0 Å². The van der Waals surface area contributed by atoms with Crippen LogP contribution in [-0.4, -0.2) is 17.0 Å². The van der Waals surface area contributed by atoms with Crippen LogP contribution in [0.15, 0.2) is 54.0 Å². The normalized spacial score (nSPS) is 10.4. The Morgan fingerprint density at radius 2 is 1.84 bits per heavy atom. The predicted molar refractivity (Wildman–Crippen MR) is 80.3 cm³/mol. The van der Waals surface area contributed by atoms with Gasteiger partial charge in [-0.15, -0.1) is 11.3 Å². The fraction of sp³-hybridized carbons (Fsp3) is 0.0667. The van der Waals surface area contributed by atoms with Crippen LogP contribution < -0.4 is 5.32 Å². The maximum absolute atomic E-state index is 4.64. The molecule has 0 aliphatic rings. The zero-order valence-corrected chi connectivity index (χ0v) is 11.3. The number of hydrogen-bond acceptors (Lipinski definition) is 4. The molecule has 19 heavy (non-hydrogen) atoms. The summed E-state index contributed by atoms with van der Waals surface area (Å²) < 4.78 is 0. The zero-order valence-electron chi connectivity index (χ0n) is 10.5. The second-order valence-corrected chi connectivity index (χ2v) is 4.94. The number of benzene rings is 1. The molecule has 3 nitrogen and oxygen atoms in total. The Morgan fingerprint density at radius 1 is 1.00 bits per heavy atom. The molecule has 0 unspecified atom stereocenters. The van der Waals surface area contributed by atoms with Crippen molar-refractivity contribution in [1.29, 1.82) is 0 Å². The number of nitrogens with zero attached hydrogens (tertiary/aromatic N) is 2. The molecule has 0 amide bonds. The van der Waals surface area contributed by atoms with Gasteiger partial charge in [0.15, 0.2) is 0 Å². The Morgan fingerprint density at radius 3 is 2.53 bits per heavy atom. The first-order valence-corrected chi connectivity index (χ1v) is 6.90. The van der Waals surface area contributed by atoms with E-state index in [1.165, 1.54) is 0 Å². The van der Waals surface area contributed by atoms with Crippen molar-refractivity contribution in [3.8, 4) is 22.0 Å². The predicted octanol–water partition coefficient (Wildman–Crippen LogP) is 3.91. The van der Waals surface area contributed by atoms with Gasteiger partial charge in [0.1, 0.15) is 10.7 Å². The molecule has 0 aliphatic heterocycles. The molecule has 0 radical (unpaired) electrons. The highest BCUT2D eigenvalue weighted by Gasteiger charge is 2.07. The second kappa shape index (κ2) is 5.20. The van der Waals surface area contributed by atoms with E-state index in [-0.39, 0.29) is 0 Å². The second-order valence-electron chi connectivity index (χ2n) is 4.08. The lowest BCUT2D eigenvalue weighted by atomic mass is 10.2. The van der Waals surface area contributed by atoms with Gasteiger partial charge >= 0.3 is 0 Å². The van der Waals surface area contributed by atoms with Gasteiger partial charge in [-0.3, -0.25) is 4.98 Å². The summed E-state index contributed by atoms with van der Waals surface area (Å²) in [6.07, 6.45) is 1.79.